The monoisotopic (exact) mass is 297 g/mol. The van der Waals surface area contributed by atoms with E-state index in [1.54, 1.807) is 6.07 Å². The summed E-state index contributed by atoms with van der Waals surface area (Å²) in [6, 6.07) is 5.55. The average Bonchev–Trinajstić information content (AvgIpc) is 2.81. The summed E-state index contributed by atoms with van der Waals surface area (Å²) in [7, 11) is 0. The molecule has 0 spiro atoms. The fraction of sp³-hybridized carbons (Fsp3) is 0.357. The van der Waals surface area contributed by atoms with Gasteiger partial charge in [0.2, 0.25) is 0 Å². The maximum absolute atomic E-state index is 6.01. The number of hydrogen-bond acceptors (Lipinski definition) is 2. The summed E-state index contributed by atoms with van der Waals surface area (Å²) in [5.74, 6) is 1.55. The van der Waals surface area contributed by atoms with Gasteiger partial charge in [0.05, 0.1) is 28.5 Å². The van der Waals surface area contributed by atoms with Crippen molar-refractivity contribution in [1.82, 2.24) is 15.3 Å². The van der Waals surface area contributed by atoms with Gasteiger partial charge in [0, 0.05) is 5.56 Å². The minimum absolute atomic E-state index is 0.549. The molecule has 0 amide bonds. The Kier molecular flexibility index (Phi) is 4.86. The molecule has 2 aromatic rings. The van der Waals surface area contributed by atoms with E-state index in [2.05, 4.69) is 29.1 Å². The van der Waals surface area contributed by atoms with Crippen LogP contribution < -0.4 is 5.32 Å². The lowest BCUT2D eigenvalue weighted by molar-refractivity contribution is 0.545. The number of aromatic amines is 1. The van der Waals surface area contributed by atoms with E-state index in [1.807, 2.05) is 18.3 Å². The van der Waals surface area contributed by atoms with Crippen LogP contribution in [0.1, 0.15) is 19.7 Å². The van der Waals surface area contributed by atoms with Crippen LogP contribution in [0.3, 0.4) is 0 Å². The number of H-pyrrole nitrogens is 1. The Hall–Kier alpha value is -1.03. The van der Waals surface area contributed by atoms with Crippen LogP contribution in [0, 0.1) is 5.92 Å². The summed E-state index contributed by atoms with van der Waals surface area (Å²) in [6.45, 7) is 6.06. The molecule has 1 heterocycles. The highest BCUT2D eigenvalue weighted by Gasteiger charge is 2.06. The molecule has 0 saturated carbocycles. The molecule has 102 valence electrons. The molecule has 0 aliphatic heterocycles. The van der Waals surface area contributed by atoms with Crippen LogP contribution in [0.2, 0.25) is 10.0 Å². The van der Waals surface area contributed by atoms with Crippen LogP contribution in [0.4, 0.5) is 0 Å². The lowest BCUT2D eigenvalue weighted by Gasteiger charge is -2.05. The Labute approximate surface area is 123 Å². The van der Waals surface area contributed by atoms with E-state index < -0.39 is 0 Å². The molecule has 0 aliphatic carbocycles. The molecule has 19 heavy (non-hydrogen) atoms. The first-order chi connectivity index (χ1) is 9.06. The van der Waals surface area contributed by atoms with Gasteiger partial charge in [0.25, 0.3) is 0 Å². The van der Waals surface area contributed by atoms with Crippen LogP contribution in [0.5, 0.6) is 0 Å². The van der Waals surface area contributed by atoms with Gasteiger partial charge < -0.3 is 10.3 Å². The number of halogens is 2. The summed E-state index contributed by atoms with van der Waals surface area (Å²) in [6.07, 6.45) is 1.81. The van der Waals surface area contributed by atoms with E-state index in [4.69, 9.17) is 23.2 Å². The molecule has 3 nitrogen and oxygen atoms in total. The van der Waals surface area contributed by atoms with E-state index in [-0.39, 0.29) is 0 Å². The molecule has 0 bridgehead atoms. The van der Waals surface area contributed by atoms with Crippen LogP contribution in [-0.2, 0) is 6.54 Å². The molecule has 0 aliphatic rings. The van der Waals surface area contributed by atoms with Crippen molar-refractivity contribution in [2.24, 2.45) is 5.92 Å². The van der Waals surface area contributed by atoms with Crippen molar-refractivity contribution in [3.8, 4) is 11.3 Å². The Morgan fingerprint density at radius 1 is 1.26 bits per heavy atom. The second-order valence-electron chi connectivity index (χ2n) is 4.90. The maximum Gasteiger partial charge on any atom is 0.120 e. The molecule has 2 N–H and O–H groups in total. The van der Waals surface area contributed by atoms with Crippen LogP contribution in [0.15, 0.2) is 24.4 Å². The minimum Gasteiger partial charge on any atom is -0.341 e. The summed E-state index contributed by atoms with van der Waals surface area (Å²) in [4.78, 5) is 7.62. The quantitative estimate of drug-likeness (QED) is 0.871. The molecule has 1 aromatic carbocycles. The number of benzene rings is 1. The first kappa shape index (κ1) is 14.4. The molecule has 0 saturated heterocycles. The Balaban J connectivity index is 2.05. The van der Waals surface area contributed by atoms with Gasteiger partial charge in [0.1, 0.15) is 5.82 Å². The fourth-order valence-electron chi connectivity index (χ4n) is 1.74. The third-order valence-electron chi connectivity index (χ3n) is 2.70. The zero-order chi connectivity index (χ0) is 13.8. The van der Waals surface area contributed by atoms with Crippen molar-refractivity contribution in [3.63, 3.8) is 0 Å². The Morgan fingerprint density at radius 2 is 2.05 bits per heavy atom. The van der Waals surface area contributed by atoms with Gasteiger partial charge in [-0.05, 0) is 24.6 Å². The normalized spacial score (nSPS) is 11.2. The summed E-state index contributed by atoms with van der Waals surface area (Å²) in [5, 5.41) is 4.45. The maximum atomic E-state index is 6.01. The van der Waals surface area contributed by atoms with E-state index >= 15 is 0 Å². The van der Waals surface area contributed by atoms with Gasteiger partial charge in [-0.15, -0.1) is 0 Å². The van der Waals surface area contributed by atoms with Crippen molar-refractivity contribution >= 4 is 23.2 Å². The lowest BCUT2D eigenvalue weighted by Crippen LogP contribution is -2.19. The molecule has 0 fully saturated rings. The first-order valence-electron chi connectivity index (χ1n) is 6.26. The first-order valence-corrected chi connectivity index (χ1v) is 7.02. The highest BCUT2D eigenvalue weighted by Crippen LogP contribution is 2.27. The molecule has 5 heteroatoms. The van der Waals surface area contributed by atoms with E-state index in [9.17, 15) is 0 Å². The second-order valence-corrected chi connectivity index (χ2v) is 5.71. The Morgan fingerprint density at radius 3 is 2.74 bits per heavy atom. The fourth-order valence-corrected chi connectivity index (χ4v) is 2.04. The molecule has 2 rings (SSSR count). The zero-order valence-electron chi connectivity index (χ0n) is 11.0. The number of nitrogens with zero attached hydrogens (tertiary/aromatic N) is 1. The third kappa shape index (κ3) is 3.96. The third-order valence-corrected chi connectivity index (χ3v) is 3.44. The van der Waals surface area contributed by atoms with Crippen LogP contribution in [-0.4, -0.2) is 16.5 Å². The average molecular weight is 298 g/mol. The van der Waals surface area contributed by atoms with Gasteiger partial charge in [-0.2, -0.15) is 0 Å². The van der Waals surface area contributed by atoms with Gasteiger partial charge in [0.15, 0.2) is 0 Å². The predicted octanol–water partition coefficient (Wildman–Crippen LogP) is 4.13. The van der Waals surface area contributed by atoms with Crippen molar-refractivity contribution in [2.45, 2.75) is 20.4 Å². The van der Waals surface area contributed by atoms with Crippen LogP contribution in [0.25, 0.3) is 11.3 Å². The highest BCUT2D eigenvalue weighted by molar-refractivity contribution is 6.42. The van der Waals surface area contributed by atoms with E-state index in [1.165, 1.54) is 0 Å². The summed E-state index contributed by atoms with van der Waals surface area (Å²) >= 11 is 11.9. The Bertz CT molecular complexity index is 549. The molecular formula is C14H17Cl2N3. The number of rotatable bonds is 5. The van der Waals surface area contributed by atoms with Gasteiger partial charge in [-0.25, -0.2) is 4.98 Å². The molecule has 1 aromatic heterocycles. The van der Waals surface area contributed by atoms with Crippen LogP contribution >= 0.6 is 23.2 Å². The van der Waals surface area contributed by atoms with Gasteiger partial charge in [-0.1, -0.05) is 43.1 Å². The smallest absolute Gasteiger partial charge is 0.120 e. The van der Waals surface area contributed by atoms with Crippen molar-refractivity contribution in [1.29, 1.82) is 0 Å². The molecule has 0 radical (unpaired) electrons. The van der Waals surface area contributed by atoms with E-state index in [0.717, 1.165) is 30.2 Å². The predicted molar refractivity (Wildman–Crippen MR) is 80.6 cm³/mol. The molecule has 0 unspecified atom stereocenters. The minimum atomic E-state index is 0.549. The van der Waals surface area contributed by atoms with E-state index in [0.29, 0.717) is 16.0 Å². The summed E-state index contributed by atoms with van der Waals surface area (Å²) < 4.78 is 0. The lowest BCUT2D eigenvalue weighted by atomic mass is 10.2. The number of aromatic nitrogens is 2. The molecule has 0 atom stereocenters. The van der Waals surface area contributed by atoms with Gasteiger partial charge >= 0.3 is 0 Å². The number of imidazole rings is 1. The number of hydrogen-bond donors (Lipinski definition) is 2. The SMILES string of the molecule is CC(C)CNCc1ncc(-c2ccc(Cl)c(Cl)c2)[nH]1. The van der Waals surface area contributed by atoms with Gasteiger partial charge in [-0.3, -0.25) is 0 Å². The van der Waals surface area contributed by atoms with Crippen molar-refractivity contribution < 1.29 is 0 Å². The topological polar surface area (TPSA) is 40.7 Å². The second kappa shape index (κ2) is 6.42. The largest absolute Gasteiger partial charge is 0.341 e. The zero-order valence-corrected chi connectivity index (χ0v) is 12.5. The standard InChI is InChI=1S/C14H17Cl2N3/c1-9(2)6-17-8-14-18-7-13(19-14)10-3-4-11(15)12(16)5-10/h3-5,7,9,17H,6,8H2,1-2H3,(H,18,19). The number of nitrogens with one attached hydrogen (secondary N) is 2. The molecular weight excluding hydrogens is 281 g/mol. The van der Waals surface area contributed by atoms with Crippen molar-refractivity contribution in [3.05, 3.63) is 40.3 Å². The summed E-state index contributed by atoms with van der Waals surface area (Å²) in [5.41, 5.74) is 1.93. The van der Waals surface area contributed by atoms with Crippen molar-refractivity contribution in [2.75, 3.05) is 6.54 Å². The highest BCUT2D eigenvalue weighted by atomic mass is 35.5.